The van der Waals surface area contributed by atoms with E-state index < -0.39 is 18.0 Å². The van der Waals surface area contributed by atoms with Crippen molar-refractivity contribution in [1.29, 1.82) is 0 Å². The highest BCUT2D eigenvalue weighted by Gasteiger charge is 2.23. The van der Waals surface area contributed by atoms with Crippen LogP contribution in [0.5, 0.6) is 0 Å². The molecule has 2 N–H and O–H groups in total. The standard InChI is InChI=1S/C25H23ClFNO4S/c1-16(28(25(31)32)14-23(30)18-3-2-4-20(26)12-18)11-17-5-8-22(9-6-17)33-24-10-7-21(27)13-19(24)15-29/h2-10,12-13,15-16,23,30H,11,14H2,1H3,(H,31,32)/t16-,23+/m1/s1. The fourth-order valence-electron chi connectivity index (χ4n) is 3.43. The Balaban J connectivity index is 1.66. The molecule has 172 valence electrons. The van der Waals surface area contributed by atoms with E-state index >= 15 is 0 Å². The van der Waals surface area contributed by atoms with E-state index in [4.69, 9.17) is 11.6 Å². The maximum Gasteiger partial charge on any atom is 0.407 e. The van der Waals surface area contributed by atoms with Crippen LogP contribution in [0.25, 0.3) is 0 Å². The van der Waals surface area contributed by atoms with E-state index in [1.807, 2.05) is 24.3 Å². The molecular formula is C25H23ClFNO4S. The minimum Gasteiger partial charge on any atom is -0.465 e. The van der Waals surface area contributed by atoms with Crippen molar-refractivity contribution in [2.45, 2.75) is 35.3 Å². The van der Waals surface area contributed by atoms with Crippen molar-refractivity contribution in [3.63, 3.8) is 0 Å². The molecule has 0 radical (unpaired) electrons. The minimum atomic E-state index is -1.12. The molecule has 3 aromatic rings. The number of hydrogen-bond donors (Lipinski definition) is 2. The van der Waals surface area contributed by atoms with Crippen LogP contribution >= 0.6 is 23.4 Å². The maximum absolute atomic E-state index is 13.3. The lowest BCUT2D eigenvalue weighted by molar-refractivity contribution is 0.0799. The van der Waals surface area contributed by atoms with Crippen LogP contribution in [-0.2, 0) is 6.42 Å². The Hall–Kier alpha value is -2.87. The summed E-state index contributed by atoms with van der Waals surface area (Å²) in [7, 11) is 0. The number of benzene rings is 3. The molecule has 0 aliphatic carbocycles. The second kappa shape index (κ2) is 11.3. The molecule has 0 unspecified atom stereocenters. The van der Waals surface area contributed by atoms with Gasteiger partial charge in [-0.25, -0.2) is 9.18 Å². The molecule has 2 atom stereocenters. The summed E-state index contributed by atoms with van der Waals surface area (Å²) >= 11 is 7.32. The minimum absolute atomic E-state index is 0.0795. The van der Waals surface area contributed by atoms with Crippen LogP contribution in [0.4, 0.5) is 9.18 Å². The van der Waals surface area contributed by atoms with E-state index in [9.17, 15) is 24.2 Å². The van der Waals surface area contributed by atoms with E-state index in [0.717, 1.165) is 10.5 Å². The van der Waals surface area contributed by atoms with Gasteiger partial charge in [0, 0.05) is 26.4 Å². The van der Waals surface area contributed by atoms with E-state index in [2.05, 4.69) is 0 Å². The van der Waals surface area contributed by atoms with Crippen LogP contribution in [0.3, 0.4) is 0 Å². The molecular weight excluding hydrogens is 465 g/mol. The van der Waals surface area contributed by atoms with Crippen molar-refractivity contribution < 1.29 is 24.2 Å². The summed E-state index contributed by atoms with van der Waals surface area (Å²) in [4.78, 5) is 25.8. The Morgan fingerprint density at radius 1 is 1.15 bits per heavy atom. The van der Waals surface area contributed by atoms with Crippen LogP contribution in [0.15, 0.2) is 76.5 Å². The summed E-state index contributed by atoms with van der Waals surface area (Å²) < 4.78 is 13.3. The predicted octanol–water partition coefficient (Wildman–Crippen LogP) is 6.09. The molecule has 0 saturated carbocycles. The Kier molecular flexibility index (Phi) is 8.49. The molecule has 0 bridgehead atoms. The average molecular weight is 488 g/mol. The normalized spacial score (nSPS) is 12.7. The third-order valence-electron chi connectivity index (χ3n) is 5.16. The molecule has 0 fully saturated rings. The van der Waals surface area contributed by atoms with Gasteiger partial charge in [0.1, 0.15) is 5.82 Å². The number of rotatable bonds is 9. The van der Waals surface area contributed by atoms with Gasteiger partial charge in [0.05, 0.1) is 12.6 Å². The van der Waals surface area contributed by atoms with Gasteiger partial charge in [0.15, 0.2) is 6.29 Å². The largest absolute Gasteiger partial charge is 0.465 e. The number of carboxylic acid groups (broad SMARTS) is 1. The van der Waals surface area contributed by atoms with Crippen LogP contribution in [-0.4, -0.2) is 40.1 Å². The zero-order valence-electron chi connectivity index (χ0n) is 17.8. The predicted molar refractivity (Wildman–Crippen MR) is 127 cm³/mol. The third kappa shape index (κ3) is 6.81. The quantitative estimate of drug-likeness (QED) is 0.357. The molecule has 5 nitrogen and oxygen atoms in total. The average Bonchev–Trinajstić information content (AvgIpc) is 2.79. The van der Waals surface area contributed by atoms with Gasteiger partial charge in [-0.05, 0) is 66.9 Å². The summed E-state index contributed by atoms with van der Waals surface area (Å²) in [5.41, 5.74) is 1.76. The molecule has 0 saturated heterocycles. The number of amides is 1. The molecule has 0 aliphatic heterocycles. The highest BCUT2D eigenvalue weighted by molar-refractivity contribution is 7.99. The topological polar surface area (TPSA) is 77.8 Å². The maximum atomic E-state index is 13.3. The van der Waals surface area contributed by atoms with E-state index in [0.29, 0.717) is 28.2 Å². The summed E-state index contributed by atoms with van der Waals surface area (Å²) in [6, 6.07) is 17.9. The molecule has 0 spiro atoms. The lowest BCUT2D eigenvalue weighted by Gasteiger charge is -2.29. The van der Waals surface area contributed by atoms with E-state index in [1.54, 1.807) is 37.3 Å². The first kappa shape index (κ1) is 24.8. The van der Waals surface area contributed by atoms with E-state index in [1.165, 1.54) is 28.8 Å². The van der Waals surface area contributed by atoms with Crippen LogP contribution in [0.1, 0.15) is 34.5 Å². The molecule has 3 rings (SSSR count). The number of hydrogen-bond acceptors (Lipinski definition) is 4. The zero-order valence-corrected chi connectivity index (χ0v) is 19.4. The molecule has 0 aliphatic rings. The molecule has 0 heterocycles. The fourth-order valence-corrected chi connectivity index (χ4v) is 4.51. The van der Waals surface area contributed by atoms with Gasteiger partial charge in [0.25, 0.3) is 0 Å². The van der Waals surface area contributed by atoms with Gasteiger partial charge in [-0.2, -0.15) is 0 Å². The van der Waals surface area contributed by atoms with Gasteiger partial charge < -0.3 is 15.1 Å². The molecule has 1 amide bonds. The molecule has 3 aromatic carbocycles. The van der Waals surface area contributed by atoms with Gasteiger partial charge in [-0.3, -0.25) is 4.79 Å². The van der Waals surface area contributed by atoms with Crippen LogP contribution in [0.2, 0.25) is 5.02 Å². The van der Waals surface area contributed by atoms with Gasteiger partial charge >= 0.3 is 6.09 Å². The van der Waals surface area contributed by atoms with Gasteiger partial charge in [-0.1, -0.05) is 47.6 Å². The highest BCUT2D eigenvalue weighted by atomic mass is 35.5. The summed E-state index contributed by atoms with van der Waals surface area (Å²) in [6.07, 6.45) is -1.03. The summed E-state index contributed by atoms with van der Waals surface area (Å²) in [5.74, 6) is -0.464. The monoisotopic (exact) mass is 487 g/mol. The van der Waals surface area contributed by atoms with Crippen molar-refractivity contribution in [2.24, 2.45) is 0 Å². The fraction of sp³-hybridized carbons (Fsp3) is 0.200. The van der Waals surface area contributed by atoms with Crippen LogP contribution < -0.4 is 0 Å². The Morgan fingerprint density at radius 2 is 1.88 bits per heavy atom. The smallest absolute Gasteiger partial charge is 0.407 e. The number of carbonyl (C=O) groups excluding carboxylic acids is 1. The number of nitrogens with zero attached hydrogens (tertiary/aromatic N) is 1. The van der Waals surface area contributed by atoms with Gasteiger partial charge in [-0.15, -0.1) is 0 Å². The first-order valence-corrected chi connectivity index (χ1v) is 11.4. The number of carbonyl (C=O) groups is 2. The van der Waals surface area contributed by atoms with Crippen molar-refractivity contribution in [3.05, 3.63) is 94.3 Å². The molecule has 8 heteroatoms. The number of aliphatic hydroxyl groups excluding tert-OH is 1. The van der Waals surface area contributed by atoms with Crippen molar-refractivity contribution in [2.75, 3.05) is 6.54 Å². The second-order valence-electron chi connectivity index (χ2n) is 7.60. The Labute approximate surface area is 200 Å². The molecule has 33 heavy (non-hydrogen) atoms. The number of aldehydes is 1. The first-order valence-electron chi connectivity index (χ1n) is 10.2. The van der Waals surface area contributed by atoms with Crippen molar-refractivity contribution >= 4 is 35.7 Å². The van der Waals surface area contributed by atoms with Crippen LogP contribution in [0, 0.1) is 5.82 Å². The number of halogens is 2. The third-order valence-corrected chi connectivity index (χ3v) is 6.50. The second-order valence-corrected chi connectivity index (χ2v) is 9.16. The van der Waals surface area contributed by atoms with Crippen molar-refractivity contribution in [1.82, 2.24) is 4.90 Å². The lowest BCUT2D eigenvalue weighted by Crippen LogP contribution is -2.41. The van der Waals surface area contributed by atoms with Gasteiger partial charge in [0.2, 0.25) is 0 Å². The Bertz CT molecular complexity index is 1130. The Morgan fingerprint density at radius 3 is 2.52 bits per heavy atom. The summed E-state index contributed by atoms with van der Waals surface area (Å²) in [5, 5.41) is 20.7. The van der Waals surface area contributed by atoms with Crippen molar-refractivity contribution in [3.8, 4) is 0 Å². The zero-order chi connectivity index (χ0) is 24.0. The first-order chi connectivity index (χ1) is 15.8. The number of aliphatic hydroxyl groups is 1. The molecule has 0 aromatic heterocycles. The summed E-state index contributed by atoms with van der Waals surface area (Å²) in [6.45, 7) is 1.71. The van der Waals surface area contributed by atoms with E-state index in [-0.39, 0.29) is 18.2 Å². The highest BCUT2D eigenvalue weighted by Crippen LogP contribution is 2.31. The SMILES string of the molecule is C[C@H](Cc1ccc(Sc2ccc(F)cc2C=O)cc1)N(C[C@H](O)c1cccc(Cl)c1)C(=O)O. The lowest BCUT2D eigenvalue weighted by atomic mass is 10.0.